The van der Waals surface area contributed by atoms with Crippen molar-refractivity contribution in [3.63, 3.8) is 0 Å². The molecule has 0 spiro atoms. The van der Waals surface area contributed by atoms with Gasteiger partial charge in [-0.05, 0) is 42.7 Å². The van der Waals surface area contributed by atoms with E-state index in [0.717, 1.165) is 22.8 Å². The summed E-state index contributed by atoms with van der Waals surface area (Å²) in [5.41, 5.74) is 3.28. The predicted molar refractivity (Wildman–Crippen MR) is 115 cm³/mol. The SMILES string of the molecule is CCOC(=O)/C(O)=C/C=C(\SCc1ccc(-c2ccccc2)cc1)C(=O)OCC. The molecular weight excluding hydrogens is 388 g/mol. The van der Waals surface area contributed by atoms with Crippen LogP contribution in [0.5, 0.6) is 0 Å². The van der Waals surface area contributed by atoms with Crippen molar-refractivity contribution >= 4 is 23.7 Å². The Morgan fingerprint density at radius 1 is 0.862 bits per heavy atom. The first-order chi connectivity index (χ1) is 14.0. The van der Waals surface area contributed by atoms with Gasteiger partial charge in [0.2, 0.25) is 5.76 Å². The highest BCUT2D eigenvalue weighted by Crippen LogP contribution is 2.25. The summed E-state index contributed by atoms with van der Waals surface area (Å²) in [6.07, 6.45) is 2.52. The smallest absolute Gasteiger partial charge is 0.373 e. The van der Waals surface area contributed by atoms with Crippen molar-refractivity contribution in [2.75, 3.05) is 13.2 Å². The van der Waals surface area contributed by atoms with Gasteiger partial charge in [0.25, 0.3) is 0 Å². The van der Waals surface area contributed by atoms with Crippen molar-refractivity contribution in [1.82, 2.24) is 0 Å². The number of rotatable bonds is 9. The molecule has 0 aromatic heterocycles. The number of hydrogen-bond acceptors (Lipinski definition) is 6. The molecule has 0 saturated heterocycles. The van der Waals surface area contributed by atoms with Gasteiger partial charge >= 0.3 is 11.9 Å². The van der Waals surface area contributed by atoms with Crippen molar-refractivity contribution < 1.29 is 24.2 Å². The average Bonchev–Trinajstić information content (AvgIpc) is 2.75. The van der Waals surface area contributed by atoms with Gasteiger partial charge in [-0.2, -0.15) is 0 Å². The Morgan fingerprint density at radius 3 is 2.07 bits per heavy atom. The molecule has 0 radical (unpaired) electrons. The summed E-state index contributed by atoms with van der Waals surface area (Å²) in [6, 6.07) is 18.1. The minimum Gasteiger partial charge on any atom is -0.502 e. The number of aliphatic hydroxyl groups is 1. The summed E-state index contributed by atoms with van der Waals surface area (Å²) >= 11 is 1.27. The maximum Gasteiger partial charge on any atom is 0.373 e. The van der Waals surface area contributed by atoms with E-state index in [2.05, 4.69) is 0 Å². The van der Waals surface area contributed by atoms with Crippen LogP contribution in [0.4, 0.5) is 0 Å². The Kier molecular flexibility index (Phi) is 9.05. The zero-order valence-corrected chi connectivity index (χ0v) is 17.3. The molecule has 0 aliphatic rings. The van der Waals surface area contributed by atoms with Crippen LogP contribution < -0.4 is 0 Å². The molecule has 2 rings (SSSR count). The summed E-state index contributed by atoms with van der Waals surface area (Å²) in [5.74, 6) is -1.38. The van der Waals surface area contributed by atoms with E-state index >= 15 is 0 Å². The highest BCUT2D eigenvalue weighted by Gasteiger charge is 2.13. The van der Waals surface area contributed by atoms with E-state index in [1.54, 1.807) is 13.8 Å². The molecule has 0 amide bonds. The molecule has 0 bridgehead atoms. The fourth-order valence-corrected chi connectivity index (χ4v) is 3.25. The number of carbonyl (C=O) groups is 2. The molecule has 0 saturated carbocycles. The van der Waals surface area contributed by atoms with Crippen LogP contribution in [-0.2, 0) is 24.8 Å². The monoisotopic (exact) mass is 412 g/mol. The van der Waals surface area contributed by atoms with Gasteiger partial charge in [-0.15, -0.1) is 11.8 Å². The zero-order valence-electron chi connectivity index (χ0n) is 16.5. The Balaban J connectivity index is 2.09. The minimum absolute atomic E-state index is 0.152. The highest BCUT2D eigenvalue weighted by molar-refractivity contribution is 8.03. The van der Waals surface area contributed by atoms with E-state index in [1.807, 2.05) is 54.6 Å². The van der Waals surface area contributed by atoms with Gasteiger partial charge in [-0.3, -0.25) is 0 Å². The number of thioether (sulfide) groups is 1. The highest BCUT2D eigenvalue weighted by atomic mass is 32.2. The molecule has 29 heavy (non-hydrogen) atoms. The van der Waals surface area contributed by atoms with Crippen molar-refractivity contribution in [3.8, 4) is 11.1 Å². The quantitative estimate of drug-likeness (QED) is 0.269. The Morgan fingerprint density at radius 2 is 1.45 bits per heavy atom. The predicted octanol–water partition coefficient (Wildman–Crippen LogP) is 5.04. The second kappa shape index (κ2) is 11.8. The van der Waals surface area contributed by atoms with Crippen LogP contribution >= 0.6 is 11.8 Å². The van der Waals surface area contributed by atoms with E-state index in [9.17, 15) is 14.7 Å². The molecule has 2 aromatic carbocycles. The van der Waals surface area contributed by atoms with Crippen molar-refractivity contribution in [2.24, 2.45) is 0 Å². The molecule has 152 valence electrons. The first-order valence-electron chi connectivity index (χ1n) is 9.27. The number of aliphatic hydroxyl groups excluding tert-OH is 1. The second-order valence-corrected chi connectivity index (χ2v) is 6.89. The van der Waals surface area contributed by atoms with Gasteiger partial charge < -0.3 is 14.6 Å². The number of hydrogen-bond donors (Lipinski definition) is 1. The van der Waals surface area contributed by atoms with Gasteiger partial charge in [0, 0.05) is 5.75 Å². The van der Waals surface area contributed by atoms with Crippen molar-refractivity contribution in [1.29, 1.82) is 0 Å². The van der Waals surface area contributed by atoms with Crippen LogP contribution in [0.1, 0.15) is 19.4 Å². The Bertz CT molecular complexity index is 870. The van der Waals surface area contributed by atoms with Gasteiger partial charge in [-0.1, -0.05) is 54.6 Å². The lowest BCUT2D eigenvalue weighted by Gasteiger charge is -2.08. The van der Waals surface area contributed by atoms with Crippen LogP contribution in [0.2, 0.25) is 0 Å². The minimum atomic E-state index is -0.839. The maximum atomic E-state index is 12.2. The molecule has 0 aliphatic heterocycles. The molecule has 0 unspecified atom stereocenters. The first-order valence-corrected chi connectivity index (χ1v) is 10.3. The molecule has 0 heterocycles. The number of allylic oxidation sites excluding steroid dienone is 2. The summed E-state index contributed by atoms with van der Waals surface area (Å²) in [4.78, 5) is 23.9. The largest absolute Gasteiger partial charge is 0.502 e. The van der Waals surface area contributed by atoms with E-state index < -0.39 is 17.7 Å². The van der Waals surface area contributed by atoms with Gasteiger partial charge in [0.15, 0.2) is 0 Å². The standard InChI is InChI=1S/C23H24O5S/c1-3-27-22(25)20(24)14-15-21(23(26)28-4-2)29-16-17-10-12-19(13-11-17)18-8-6-5-7-9-18/h5-15,24H,3-4,16H2,1-2H3/b20-14-,21-15-. The number of benzene rings is 2. The summed E-state index contributed by atoms with van der Waals surface area (Å²) in [7, 11) is 0. The third-order valence-corrected chi connectivity index (χ3v) is 4.90. The van der Waals surface area contributed by atoms with Crippen LogP contribution in [0, 0.1) is 0 Å². The molecule has 5 nitrogen and oxygen atoms in total. The van der Waals surface area contributed by atoms with Crippen LogP contribution in [0.25, 0.3) is 11.1 Å². The van der Waals surface area contributed by atoms with Gasteiger partial charge in [-0.25, -0.2) is 9.59 Å². The fourth-order valence-electron chi connectivity index (χ4n) is 2.39. The van der Waals surface area contributed by atoms with Gasteiger partial charge in [0.1, 0.15) is 0 Å². The normalized spacial score (nSPS) is 11.8. The summed E-state index contributed by atoms with van der Waals surface area (Å²) < 4.78 is 9.77. The van der Waals surface area contributed by atoms with E-state index in [0.29, 0.717) is 5.75 Å². The summed E-state index contributed by atoms with van der Waals surface area (Å²) in [5, 5.41) is 9.71. The van der Waals surface area contributed by atoms with Crippen molar-refractivity contribution in [2.45, 2.75) is 19.6 Å². The lowest BCUT2D eigenvalue weighted by atomic mass is 10.0. The number of ether oxygens (including phenoxy) is 2. The third-order valence-electron chi connectivity index (χ3n) is 3.81. The Hall–Kier alpha value is -2.99. The number of carbonyl (C=O) groups excluding carboxylic acids is 2. The Labute approximate surface area is 175 Å². The molecule has 0 atom stereocenters. The average molecular weight is 413 g/mol. The van der Waals surface area contributed by atoms with E-state index in [-0.39, 0.29) is 18.1 Å². The summed E-state index contributed by atoms with van der Waals surface area (Å²) in [6.45, 7) is 3.74. The molecule has 0 aliphatic carbocycles. The van der Waals surface area contributed by atoms with Crippen LogP contribution in [0.3, 0.4) is 0 Å². The van der Waals surface area contributed by atoms with Crippen LogP contribution in [0.15, 0.2) is 77.4 Å². The maximum absolute atomic E-state index is 12.2. The van der Waals surface area contributed by atoms with Crippen LogP contribution in [-0.4, -0.2) is 30.3 Å². The molecule has 0 fully saturated rings. The fraction of sp³-hybridized carbons (Fsp3) is 0.217. The topological polar surface area (TPSA) is 72.8 Å². The molecule has 2 aromatic rings. The lowest BCUT2D eigenvalue weighted by molar-refractivity contribution is -0.141. The lowest BCUT2D eigenvalue weighted by Crippen LogP contribution is -2.08. The molecular formula is C23H24O5S. The molecule has 6 heteroatoms. The van der Waals surface area contributed by atoms with E-state index in [1.165, 1.54) is 17.8 Å². The van der Waals surface area contributed by atoms with Crippen molar-refractivity contribution in [3.05, 3.63) is 83.0 Å². The van der Waals surface area contributed by atoms with E-state index in [4.69, 9.17) is 9.47 Å². The first kappa shape index (κ1) is 22.3. The third kappa shape index (κ3) is 7.16. The number of esters is 2. The van der Waals surface area contributed by atoms with Gasteiger partial charge in [0.05, 0.1) is 18.1 Å². The zero-order chi connectivity index (χ0) is 21.1. The second-order valence-electron chi connectivity index (χ2n) is 5.88. The molecule has 1 N–H and O–H groups in total.